The molecule has 1 rings (SSSR count). The SMILES string of the molecule is C=CCCC(C)(C)Nc1nc(C(=O)[O-])c([N+](=O)[O-])cc1C(F)(F)F.[Rb+]. The molecule has 0 amide bonds. The van der Waals surface area contributed by atoms with E-state index in [1.54, 1.807) is 19.9 Å². The van der Waals surface area contributed by atoms with Gasteiger partial charge < -0.3 is 15.2 Å². The Kier molecular flexibility index (Phi) is 8.89. The summed E-state index contributed by atoms with van der Waals surface area (Å²) in [5.74, 6) is -2.84. The number of anilines is 1. The molecule has 0 spiro atoms. The number of aromatic nitrogens is 1. The number of halogens is 3. The fraction of sp³-hybridized carbons (Fsp3) is 0.429. The summed E-state index contributed by atoms with van der Waals surface area (Å²) in [4.78, 5) is 23.8. The van der Waals surface area contributed by atoms with Crippen LogP contribution in [0, 0.1) is 10.1 Å². The van der Waals surface area contributed by atoms with E-state index in [9.17, 15) is 33.2 Å². The van der Waals surface area contributed by atoms with E-state index in [1.165, 1.54) is 0 Å². The van der Waals surface area contributed by atoms with Crippen molar-refractivity contribution in [3.05, 3.63) is 40.1 Å². The molecule has 1 aromatic heterocycles. The molecule has 0 fully saturated rings. The molecule has 0 saturated heterocycles. The maximum absolute atomic E-state index is 13.2. The van der Waals surface area contributed by atoms with E-state index >= 15 is 0 Å². The van der Waals surface area contributed by atoms with Crippen LogP contribution >= 0.6 is 0 Å². The number of alkyl halides is 3. The van der Waals surface area contributed by atoms with Gasteiger partial charge in [0.1, 0.15) is 11.4 Å². The Morgan fingerprint density at radius 3 is 2.40 bits per heavy atom. The molecule has 0 atom stereocenters. The summed E-state index contributed by atoms with van der Waals surface area (Å²) in [6.07, 6.45) is -2.52. The van der Waals surface area contributed by atoms with Gasteiger partial charge in [0, 0.05) is 11.6 Å². The molecule has 25 heavy (non-hydrogen) atoms. The molecule has 0 bridgehead atoms. The van der Waals surface area contributed by atoms with Gasteiger partial charge in [0.25, 0.3) is 5.69 Å². The number of hydrogen-bond donors (Lipinski definition) is 1. The summed E-state index contributed by atoms with van der Waals surface area (Å²) in [6.45, 7) is 6.68. The maximum Gasteiger partial charge on any atom is 1.00 e. The molecule has 1 N–H and O–H groups in total. The molecule has 132 valence electrons. The van der Waals surface area contributed by atoms with Crippen LogP contribution in [0.15, 0.2) is 18.7 Å². The topological polar surface area (TPSA) is 108 Å². The molecular weight excluding hydrogens is 417 g/mol. The van der Waals surface area contributed by atoms with E-state index in [4.69, 9.17) is 0 Å². The van der Waals surface area contributed by atoms with Crippen molar-refractivity contribution >= 4 is 17.5 Å². The second-order valence-electron chi connectivity index (χ2n) is 5.63. The molecule has 0 unspecified atom stereocenters. The van der Waals surface area contributed by atoms with Crippen LogP contribution in [0.4, 0.5) is 24.7 Å². The Morgan fingerprint density at radius 2 is 2.00 bits per heavy atom. The first-order valence-corrected chi connectivity index (χ1v) is 6.76. The van der Waals surface area contributed by atoms with Crippen molar-refractivity contribution < 1.29 is 86.2 Å². The van der Waals surface area contributed by atoms with E-state index in [-0.39, 0.29) is 64.3 Å². The van der Waals surface area contributed by atoms with Gasteiger partial charge in [0.05, 0.1) is 10.9 Å². The van der Waals surface area contributed by atoms with Crippen molar-refractivity contribution in [3.8, 4) is 0 Å². The Bertz CT molecular complexity index is 678. The zero-order valence-electron chi connectivity index (χ0n) is 13.9. The van der Waals surface area contributed by atoms with Gasteiger partial charge in [-0.05, 0) is 26.7 Å². The number of carboxylic acids is 1. The molecular formula is C14H15F3N3O4Rb. The number of hydrogen-bond acceptors (Lipinski definition) is 6. The molecule has 1 aromatic rings. The molecule has 0 saturated carbocycles. The third kappa shape index (κ3) is 6.76. The summed E-state index contributed by atoms with van der Waals surface area (Å²) >= 11 is 0. The van der Waals surface area contributed by atoms with Gasteiger partial charge in [-0.1, -0.05) is 6.08 Å². The van der Waals surface area contributed by atoms with Crippen LogP contribution in [-0.2, 0) is 6.18 Å². The fourth-order valence-electron chi connectivity index (χ4n) is 1.95. The first kappa shape index (κ1) is 24.2. The van der Waals surface area contributed by atoms with Gasteiger partial charge in [0.15, 0.2) is 5.69 Å². The summed E-state index contributed by atoms with van der Waals surface area (Å²) in [5.41, 5.74) is -4.77. The summed E-state index contributed by atoms with van der Waals surface area (Å²) in [7, 11) is 0. The van der Waals surface area contributed by atoms with Gasteiger partial charge in [-0.15, -0.1) is 6.58 Å². The normalized spacial score (nSPS) is 11.4. The van der Waals surface area contributed by atoms with Crippen molar-refractivity contribution in [2.75, 3.05) is 5.32 Å². The first-order valence-electron chi connectivity index (χ1n) is 6.76. The quantitative estimate of drug-likeness (QED) is 0.355. The average molecular weight is 432 g/mol. The van der Waals surface area contributed by atoms with E-state index in [2.05, 4.69) is 16.9 Å². The number of pyridine rings is 1. The number of nitrogens with one attached hydrogen (secondary N) is 1. The van der Waals surface area contributed by atoms with Gasteiger partial charge in [-0.3, -0.25) is 10.1 Å². The minimum absolute atomic E-state index is 0. The third-order valence-electron chi connectivity index (χ3n) is 3.13. The molecule has 0 aliphatic carbocycles. The van der Waals surface area contributed by atoms with Crippen LogP contribution in [0.2, 0.25) is 0 Å². The number of rotatable bonds is 7. The molecule has 0 aromatic carbocycles. The maximum atomic E-state index is 13.2. The van der Waals surface area contributed by atoms with Crippen LogP contribution in [0.1, 0.15) is 42.7 Å². The summed E-state index contributed by atoms with van der Waals surface area (Å²) < 4.78 is 39.5. The van der Waals surface area contributed by atoms with Gasteiger partial charge in [-0.25, -0.2) is 4.98 Å². The smallest absolute Gasteiger partial charge is 0.543 e. The van der Waals surface area contributed by atoms with Crippen LogP contribution in [0.3, 0.4) is 0 Å². The average Bonchev–Trinajstić information content (AvgIpc) is 2.42. The number of nitrogens with zero attached hydrogens (tertiary/aromatic N) is 2. The molecule has 7 nitrogen and oxygen atoms in total. The van der Waals surface area contributed by atoms with Crippen molar-refractivity contribution in [2.45, 2.75) is 38.4 Å². The largest absolute Gasteiger partial charge is 1.00 e. The van der Waals surface area contributed by atoms with Crippen molar-refractivity contribution in [3.63, 3.8) is 0 Å². The van der Waals surface area contributed by atoms with Crippen LogP contribution in [0.25, 0.3) is 0 Å². The Morgan fingerprint density at radius 1 is 1.44 bits per heavy atom. The molecule has 0 aliphatic rings. The minimum atomic E-state index is -4.96. The number of carbonyl (C=O) groups is 1. The zero-order chi connectivity index (χ0) is 18.7. The van der Waals surface area contributed by atoms with E-state index in [0.29, 0.717) is 12.8 Å². The van der Waals surface area contributed by atoms with Gasteiger partial charge >= 0.3 is 64.4 Å². The minimum Gasteiger partial charge on any atom is -0.543 e. The molecule has 11 heteroatoms. The second-order valence-corrected chi connectivity index (χ2v) is 5.63. The van der Waals surface area contributed by atoms with Crippen LogP contribution < -0.4 is 68.6 Å². The molecule has 0 radical (unpaired) electrons. The van der Waals surface area contributed by atoms with Crippen molar-refractivity contribution in [1.82, 2.24) is 4.98 Å². The summed E-state index contributed by atoms with van der Waals surface area (Å²) in [5, 5.41) is 24.3. The Balaban J connectivity index is 0.00000576. The second kappa shape index (κ2) is 9.20. The first-order chi connectivity index (χ1) is 10.9. The molecule has 0 aliphatic heterocycles. The van der Waals surface area contributed by atoms with Crippen molar-refractivity contribution in [1.29, 1.82) is 0 Å². The van der Waals surface area contributed by atoms with E-state index < -0.39 is 45.4 Å². The third-order valence-corrected chi connectivity index (χ3v) is 3.13. The molecule has 1 heterocycles. The number of carbonyl (C=O) groups excluding carboxylic acids is 1. The summed E-state index contributed by atoms with van der Waals surface area (Å²) in [6, 6.07) is 0.143. The van der Waals surface area contributed by atoms with Gasteiger partial charge in [0.2, 0.25) is 0 Å². The van der Waals surface area contributed by atoms with E-state index in [1.807, 2.05) is 0 Å². The number of carboxylic acid groups (broad SMARTS) is 1. The van der Waals surface area contributed by atoms with Crippen LogP contribution in [-0.4, -0.2) is 21.4 Å². The Labute approximate surface area is 190 Å². The number of nitro groups is 1. The monoisotopic (exact) mass is 431 g/mol. The number of allylic oxidation sites excluding steroid dienone is 1. The van der Waals surface area contributed by atoms with E-state index in [0.717, 1.165) is 0 Å². The number of aromatic carboxylic acids is 1. The fourth-order valence-corrected chi connectivity index (χ4v) is 1.95. The zero-order valence-corrected chi connectivity index (χ0v) is 18.9. The predicted molar refractivity (Wildman–Crippen MR) is 77.4 cm³/mol. The van der Waals surface area contributed by atoms with Crippen LogP contribution in [0.5, 0.6) is 0 Å². The standard InChI is InChI=1S/C14H16F3N3O4.Rb/c1-4-5-6-13(2,3)19-11-8(14(15,16)17)7-9(20(23)24)10(18-11)12(21)22;/h4,7H,1,5-6H2,2-3H3,(H,18,19)(H,21,22);/q;+1/p-1. The van der Waals surface area contributed by atoms with Crippen molar-refractivity contribution in [2.24, 2.45) is 0 Å². The Hall–Kier alpha value is -0.845. The predicted octanol–water partition coefficient (Wildman–Crippen LogP) is -0.467. The van der Waals surface area contributed by atoms with Gasteiger partial charge in [-0.2, -0.15) is 13.2 Å².